The summed E-state index contributed by atoms with van der Waals surface area (Å²) in [5.74, 6) is 0. The molecule has 12 rings (SSSR count). The summed E-state index contributed by atoms with van der Waals surface area (Å²) in [7, 11) is 0. The van der Waals surface area contributed by atoms with Gasteiger partial charge in [0.2, 0.25) is 0 Å². The summed E-state index contributed by atoms with van der Waals surface area (Å²) in [6.45, 7) is 0. The first-order chi connectivity index (χ1) is 28.3. The summed E-state index contributed by atoms with van der Waals surface area (Å²) in [6.07, 6.45) is 0. The fraction of sp³-hybridized carbons (Fsp3) is 0. The van der Waals surface area contributed by atoms with E-state index in [2.05, 4.69) is 216 Å². The summed E-state index contributed by atoms with van der Waals surface area (Å²) in [4.78, 5) is 2.33. The Kier molecular flexibility index (Phi) is 6.93. The molecule has 0 aliphatic heterocycles. The fourth-order valence-corrected chi connectivity index (χ4v) is 9.24. The Morgan fingerprint density at radius 3 is 1.81 bits per heavy atom. The molecule has 0 fully saturated rings. The highest BCUT2D eigenvalue weighted by Gasteiger charge is 2.21. The van der Waals surface area contributed by atoms with Crippen LogP contribution in [-0.2, 0) is 0 Å². The molecule has 3 heteroatoms. The van der Waals surface area contributed by atoms with Crippen LogP contribution in [0.4, 0.5) is 17.1 Å². The Labute approximate surface area is 328 Å². The van der Waals surface area contributed by atoms with Crippen molar-refractivity contribution < 1.29 is 4.42 Å². The average molecular weight is 727 g/mol. The molecule has 10 aromatic carbocycles. The van der Waals surface area contributed by atoms with E-state index in [9.17, 15) is 0 Å². The van der Waals surface area contributed by atoms with Gasteiger partial charge in [0, 0.05) is 50.4 Å². The molecule has 0 radical (unpaired) electrons. The molecule has 0 atom stereocenters. The Bertz CT molecular complexity index is 3520. The second-order valence-corrected chi connectivity index (χ2v) is 14.9. The first-order valence-electron chi connectivity index (χ1n) is 19.5. The van der Waals surface area contributed by atoms with Gasteiger partial charge in [-0.2, -0.15) is 0 Å². The van der Waals surface area contributed by atoms with Crippen molar-refractivity contribution >= 4 is 93.1 Å². The molecular weight excluding hydrogens is 693 g/mol. The van der Waals surface area contributed by atoms with E-state index < -0.39 is 0 Å². The van der Waals surface area contributed by atoms with Crippen LogP contribution in [0.25, 0.3) is 92.9 Å². The quantitative estimate of drug-likeness (QED) is 0.165. The van der Waals surface area contributed by atoms with Crippen molar-refractivity contribution in [1.82, 2.24) is 4.57 Å². The Morgan fingerprint density at radius 1 is 0.333 bits per heavy atom. The maximum absolute atomic E-state index is 6.96. The van der Waals surface area contributed by atoms with Crippen LogP contribution in [0.2, 0.25) is 0 Å². The molecule has 2 heterocycles. The van der Waals surface area contributed by atoms with Gasteiger partial charge in [-0.25, -0.2) is 0 Å². The van der Waals surface area contributed by atoms with Gasteiger partial charge in [-0.05, 0) is 110 Å². The van der Waals surface area contributed by atoms with Gasteiger partial charge in [0.15, 0.2) is 0 Å². The first kappa shape index (κ1) is 31.7. The lowest BCUT2D eigenvalue weighted by molar-refractivity contribution is 0.669. The smallest absolute Gasteiger partial charge is 0.137 e. The van der Waals surface area contributed by atoms with Crippen molar-refractivity contribution in [2.24, 2.45) is 0 Å². The van der Waals surface area contributed by atoms with Gasteiger partial charge in [-0.15, -0.1) is 0 Å². The number of benzene rings is 10. The highest BCUT2D eigenvalue weighted by atomic mass is 16.3. The van der Waals surface area contributed by atoms with Crippen molar-refractivity contribution in [3.63, 3.8) is 0 Å². The summed E-state index contributed by atoms with van der Waals surface area (Å²) >= 11 is 0. The minimum absolute atomic E-state index is 0.857. The predicted molar refractivity (Wildman–Crippen MR) is 241 cm³/mol. The molecule has 0 bridgehead atoms. The number of fused-ring (bicyclic) bond motifs is 11. The second-order valence-electron chi connectivity index (χ2n) is 14.9. The third-order valence-electron chi connectivity index (χ3n) is 11.7. The molecule has 2 aromatic heterocycles. The number of aromatic nitrogens is 1. The second kappa shape index (κ2) is 12.5. The molecule has 266 valence electrons. The minimum Gasteiger partial charge on any atom is -0.456 e. The molecule has 0 aliphatic carbocycles. The molecule has 57 heavy (non-hydrogen) atoms. The van der Waals surface area contributed by atoms with Gasteiger partial charge in [-0.3, -0.25) is 0 Å². The van der Waals surface area contributed by atoms with E-state index in [0.717, 1.165) is 50.3 Å². The zero-order valence-electron chi connectivity index (χ0n) is 30.9. The molecule has 0 unspecified atom stereocenters. The van der Waals surface area contributed by atoms with E-state index in [4.69, 9.17) is 4.42 Å². The fourth-order valence-electron chi connectivity index (χ4n) is 9.24. The lowest BCUT2D eigenvalue weighted by Crippen LogP contribution is -2.09. The predicted octanol–water partition coefficient (Wildman–Crippen LogP) is 15.3. The molecule has 0 saturated carbocycles. The largest absolute Gasteiger partial charge is 0.456 e. The molecule has 0 N–H and O–H groups in total. The SMILES string of the molecule is c1ccc(N(c2ccc3c(c2)oc2cc(-c4cccc5c4c4ccccc4n5-c4ccccc4)c4ccccc4c23)c2ccc3ccc4ccccc4c3c2)cc1. The summed E-state index contributed by atoms with van der Waals surface area (Å²) in [5.41, 5.74) is 10.8. The highest BCUT2D eigenvalue weighted by Crippen LogP contribution is 2.46. The number of furan rings is 1. The van der Waals surface area contributed by atoms with Crippen molar-refractivity contribution in [1.29, 1.82) is 0 Å². The highest BCUT2D eigenvalue weighted by molar-refractivity contribution is 6.25. The minimum atomic E-state index is 0.857. The van der Waals surface area contributed by atoms with Crippen molar-refractivity contribution in [3.8, 4) is 16.8 Å². The molecular formula is C54H34N2O. The van der Waals surface area contributed by atoms with E-state index in [1.165, 1.54) is 59.7 Å². The van der Waals surface area contributed by atoms with E-state index >= 15 is 0 Å². The maximum Gasteiger partial charge on any atom is 0.137 e. The van der Waals surface area contributed by atoms with Gasteiger partial charge in [0.05, 0.1) is 11.0 Å². The number of nitrogens with zero attached hydrogens (tertiary/aromatic N) is 2. The van der Waals surface area contributed by atoms with Crippen LogP contribution >= 0.6 is 0 Å². The van der Waals surface area contributed by atoms with E-state index in [1.54, 1.807) is 0 Å². The van der Waals surface area contributed by atoms with Crippen LogP contribution in [0, 0.1) is 0 Å². The average Bonchev–Trinajstić information content (AvgIpc) is 3.82. The van der Waals surface area contributed by atoms with E-state index in [-0.39, 0.29) is 0 Å². The Morgan fingerprint density at radius 2 is 0.965 bits per heavy atom. The number of hydrogen-bond donors (Lipinski definition) is 0. The van der Waals surface area contributed by atoms with Crippen LogP contribution in [0.15, 0.2) is 211 Å². The molecule has 3 nitrogen and oxygen atoms in total. The Balaban J connectivity index is 1.08. The van der Waals surface area contributed by atoms with Gasteiger partial charge in [-0.1, -0.05) is 133 Å². The number of hydrogen-bond acceptors (Lipinski definition) is 2. The van der Waals surface area contributed by atoms with Crippen LogP contribution in [0.1, 0.15) is 0 Å². The molecule has 0 spiro atoms. The topological polar surface area (TPSA) is 21.3 Å². The summed E-state index contributed by atoms with van der Waals surface area (Å²) < 4.78 is 9.34. The summed E-state index contributed by atoms with van der Waals surface area (Å²) in [5, 5.41) is 12.0. The van der Waals surface area contributed by atoms with Crippen molar-refractivity contribution in [2.75, 3.05) is 4.90 Å². The molecule has 0 amide bonds. The summed E-state index contributed by atoms with van der Waals surface area (Å²) in [6, 6.07) is 74.3. The Hall–Kier alpha value is -7.62. The van der Waals surface area contributed by atoms with Gasteiger partial charge >= 0.3 is 0 Å². The van der Waals surface area contributed by atoms with Gasteiger partial charge < -0.3 is 13.9 Å². The third kappa shape index (κ3) is 4.86. The van der Waals surface area contributed by atoms with Gasteiger partial charge in [0.25, 0.3) is 0 Å². The monoisotopic (exact) mass is 726 g/mol. The number of anilines is 3. The standard InChI is InChI=1S/C54H34N2O/c1-3-15-37(16-4-1)55(39-29-28-36-27-26-35-14-7-8-19-41(35)47(36)32-39)40-30-31-46-51(33-40)57-52-34-48(42-20-9-10-21-43(42)54(46)52)44-23-13-25-50-53(44)45-22-11-12-24-49(45)56(50)38-17-5-2-6-18-38/h1-34H. The molecule has 0 saturated heterocycles. The van der Waals surface area contributed by atoms with Crippen LogP contribution < -0.4 is 4.90 Å². The molecule has 12 aromatic rings. The maximum atomic E-state index is 6.96. The first-order valence-corrected chi connectivity index (χ1v) is 19.5. The number of rotatable bonds is 5. The zero-order valence-corrected chi connectivity index (χ0v) is 30.9. The normalized spacial score (nSPS) is 11.9. The van der Waals surface area contributed by atoms with Gasteiger partial charge in [0.1, 0.15) is 11.2 Å². The van der Waals surface area contributed by atoms with E-state index in [0.29, 0.717) is 0 Å². The lowest BCUT2D eigenvalue weighted by atomic mass is 9.92. The van der Waals surface area contributed by atoms with Crippen molar-refractivity contribution in [2.45, 2.75) is 0 Å². The van der Waals surface area contributed by atoms with E-state index in [1.807, 2.05) is 0 Å². The van der Waals surface area contributed by atoms with Crippen LogP contribution in [0.5, 0.6) is 0 Å². The van der Waals surface area contributed by atoms with Crippen LogP contribution in [0.3, 0.4) is 0 Å². The van der Waals surface area contributed by atoms with Crippen molar-refractivity contribution in [3.05, 3.63) is 206 Å². The molecule has 0 aliphatic rings. The third-order valence-corrected chi connectivity index (χ3v) is 11.7. The zero-order chi connectivity index (χ0) is 37.5. The van der Waals surface area contributed by atoms with Crippen LogP contribution in [-0.4, -0.2) is 4.57 Å². The number of para-hydroxylation sites is 3. The lowest BCUT2D eigenvalue weighted by Gasteiger charge is -2.26.